The van der Waals surface area contributed by atoms with Gasteiger partial charge in [0.05, 0.1) is 0 Å². The van der Waals surface area contributed by atoms with Crippen LogP contribution in [0.5, 0.6) is 0 Å². The van der Waals surface area contributed by atoms with Crippen molar-refractivity contribution in [3.8, 4) is 0 Å². The molecule has 0 bridgehead atoms. The highest BCUT2D eigenvalue weighted by atomic mass is 32.2. The quantitative estimate of drug-likeness (QED) is 0.814. The van der Waals surface area contributed by atoms with Crippen LogP contribution in [0.3, 0.4) is 0 Å². The zero-order valence-corrected chi connectivity index (χ0v) is 12.4. The molecule has 7 heteroatoms. The third kappa shape index (κ3) is 3.21. The van der Waals surface area contributed by atoms with E-state index in [1.807, 2.05) is 6.26 Å². The minimum atomic E-state index is -3.67. The van der Waals surface area contributed by atoms with Crippen molar-refractivity contribution >= 4 is 28.1 Å². The van der Waals surface area contributed by atoms with E-state index in [0.717, 1.165) is 25.7 Å². The third-order valence-corrected chi connectivity index (χ3v) is 6.21. The maximum absolute atomic E-state index is 12.0. The van der Waals surface area contributed by atoms with Crippen LogP contribution >= 0.6 is 11.8 Å². The van der Waals surface area contributed by atoms with Crippen LogP contribution < -0.4 is 4.72 Å². The Morgan fingerprint density at radius 2 is 2.11 bits per heavy atom. The second-order valence-electron chi connectivity index (χ2n) is 4.69. The summed E-state index contributed by atoms with van der Waals surface area (Å²) in [7, 11) is -3.67. The molecular weight excluding hydrogens is 286 g/mol. The summed E-state index contributed by atoms with van der Waals surface area (Å²) < 4.78 is 31.6. The molecule has 1 saturated carbocycles. The van der Waals surface area contributed by atoms with E-state index < -0.39 is 10.0 Å². The van der Waals surface area contributed by atoms with Crippen LogP contribution in [0.4, 0.5) is 0 Å². The highest BCUT2D eigenvalue weighted by molar-refractivity contribution is 8.00. The van der Waals surface area contributed by atoms with Crippen molar-refractivity contribution in [3.05, 3.63) is 17.9 Å². The van der Waals surface area contributed by atoms with E-state index in [1.165, 1.54) is 12.1 Å². The van der Waals surface area contributed by atoms with Crippen LogP contribution in [0, 0.1) is 0 Å². The van der Waals surface area contributed by atoms with Crippen molar-refractivity contribution in [3.63, 3.8) is 0 Å². The monoisotopic (exact) mass is 303 g/mol. The molecule has 106 valence electrons. The fourth-order valence-electron chi connectivity index (χ4n) is 2.31. The molecule has 0 atom stereocenters. The number of furan rings is 1. The Morgan fingerprint density at radius 3 is 2.63 bits per heavy atom. The maximum Gasteiger partial charge on any atom is 0.274 e. The first-order valence-electron chi connectivity index (χ1n) is 6.11. The summed E-state index contributed by atoms with van der Waals surface area (Å²) in [5, 5.41) is -0.205. The van der Waals surface area contributed by atoms with Gasteiger partial charge in [-0.15, -0.1) is 0 Å². The first-order valence-corrected chi connectivity index (χ1v) is 8.82. The second-order valence-corrected chi connectivity index (χ2v) is 7.67. The maximum atomic E-state index is 12.0. The molecule has 1 fully saturated rings. The van der Waals surface area contributed by atoms with Crippen LogP contribution in [-0.2, 0) is 10.0 Å². The molecule has 2 rings (SSSR count). The number of nitrogens with one attached hydrogen (secondary N) is 1. The van der Waals surface area contributed by atoms with Crippen molar-refractivity contribution in [2.75, 3.05) is 12.8 Å². The van der Waals surface area contributed by atoms with Gasteiger partial charge < -0.3 is 4.42 Å². The molecule has 0 amide bonds. The van der Waals surface area contributed by atoms with Crippen molar-refractivity contribution in [1.29, 1.82) is 0 Å². The lowest BCUT2D eigenvalue weighted by Gasteiger charge is -2.26. The standard InChI is InChI=1S/C12H17NO4S2/c1-18-12(6-2-3-7-12)9-13-19(15,16)11-5-4-10(8-14)17-11/h4-5,8,13H,2-3,6-7,9H2,1H3. The molecular formula is C12H17NO4S2. The summed E-state index contributed by atoms with van der Waals surface area (Å²) in [5.74, 6) is 0.0146. The molecule has 1 aliphatic carbocycles. The van der Waals surface area contributed by atoms with Gasteiger partial charge in [0.25, 0.3) is 10.0 Å². The van der Waals surface area contributed by atoms with E-state index in [1.54, 1.807) is 11.8 Å². The number of aldehydes is 1. The predicted octanol–water partition coefficient (Wildman–Crippen LogP) is 2.05. The SMILES string of the molecule is CSC1(CNS(=O)(=O)c2ccc(C=O)o2)CCCC1. The van der Waals surface area contributed by atoms with Crippen LogP contribution in [0.15, 0.2) is 21.6 Å². The van der Waals surface area contributed by atoms with Crippen LogP contribution in [-0.4, -0.2) is 32.3 Å². The van der Waals surface area contributed by atoms with Gasteiger partial charge in [-0.1, -0.05) is 12.8 Å². The van der Waals surface area contributed by atoms with Gasteiger partial charge in [-0.25, -0.2) is 13.1 Å². The number of hydrogen-bond donors (Lipinski definition) is 1. The molecule has 0 saturated heterocycles. The van der Waals surface area contributed by atoms with Gasteiger partial charge in [-0.3, -0.25) is 4.79 Å². The van der Waals surface area contributed by atoms with Gasteiger partial charge in [-0.2, -0.15) is 11.8 Å². The van der Waals surface area contributed by atoms with Gasteiger partial charge in [0.15, 0.2) is 12.0 Å². The molecule has 0 spiro atoms. The lowest BCUT2D eigenvalue weighted by molar-refractivity contribution is 0.109. The Bertz CT molecular complexity index is 544. The lowest BCUT2D eigenvalue weighted by atomic mass is 10.1. The van der Waals surface area contributed by atoms with Gasteiger partial charge in [0.1, 0.15) is 0 Å². The summed E-state index contributed by atoms with van der Waals surface area (Å²) in [6, 6.07) is 2.65. The summed E-state index contributed by atoms with van der Waals surface area (Å²) in [4.78, 5) is 10.5. The van der Waals surface area contributed by atoms with Gasteiger partial charge >= 0.3 is 0 Å². The molecule has 0 aromatic carbocycles. The summed E-state index contributed by atoms with van der Waals surface area (Å²) in [6.45, 7) is 0.396. The van der Waals surface area contributed by atoms with Crippen LogP contribution in [0.25, 0.3) is 0 Å². The number of rotatable bonds is 6. The molecule has 0 aliphatic heterocycles. The normalized spacial score (nSPS) is 18.6. The lowest BCUT2D eigenvalue weighted by Crippen LogP contribution is -2.38. The van der Waals surface area contributed by atoms with Crippen LogP contribution in [0.2, 0.25) is 0 Å². The van der Waals surface area contributed by atoms with Crippen molar-refractivity contribution < 1.29 is 17.6 Å². The first-order chi connectivity index (χ1) is 9.01. The molecule has 0 radical (unpaired) electrons. The minimum absolute atomic E-state index is 0.00679. The van der Waals surface area contributed by atoms with E-state index in [2.05, 4.69) is 4.72 Å². The number of hydrogen-bond acceptors (Lipinski definition) is 5. The molecule has 1 N–H and O–H groups in total. The van der Waals surface area contributed by atoms with Crippen molar-refractivity contribution in [2.45, 2.75) is 35.5 Å². The van der Waals surface area contributed by atoms with Gasteiger partial charge in [-0.05, 0) is 31.2 Å². The summed E-state index contributed by atoms with van der Waals surface area (Å²) in [6.07, 6.45) is 6.82. The van der Waals surface area contributed by atoms with E-state index in [4.69, 9.17) is 4.42 Å². The molecule has 19 heavy (non-hydrogen) atoms. The largest absolute Gasteiger partial charge is 0.440 e. The average molecular weight is 303 g/mol. The summed E-state index contributed by atoms with van der Waals surface area (Å²) >= 11 is 1.71. The van der Waals surface area contributed by atoms with Crippen molar-refractivity contribution in [1.82, 2.24) is 4.72 Å². The number of thioether (sulfide) groups is 1. The molecule has 5 nitrogen and oxygen atoms in total. The Labute approximate surface area is 117 Å². The number of sulfonamides is 1. The number of carbonyl (C=O) groups excluding carboxylic acids is 1. The molecule has 0 unspecified atom stereocenters. The third-order valence-electron chi connectivity index (χ3n) is 3.52. The van der Waals surface area contributed by atoms with Crippen molar-refractivity contribution in [2.24, 2.45) is 0 Å². The van der Waals surface area contributed by atoms with E-state index >= 15 is 0 Å². The Hall–Kier alpha value is -0.790. The molecule has 1 heterocycles. The van der Waals surface area contributed by atoms with E-state index in [0.29, 0.717) is 12.8 Å². The van der Waals surface area contributed by atoms with Gasteiger partial charge in [0, 0.05) is 11.3 Å². The minimum Gasteiger partial charge on any atom is -0.440 e. The fraction of sp³-hybridized carbons (Fsp3) is 0.583. The predicted molar refractivity (Wildman–Crippen MR) is 74.0 cm³/mol. The van der Waals surface area contributed by atoms with E-state index in [-0.39, 0.29) is 15.6 Å². The highest BCUT2D eigenvalue weighted by Gasteiger charge is 2.34. The smallest absolute Gasteiger partial charge is 0.274 e. The number of carbonyl (C=O) groups is 1. The Morgan fingerprint density at radius 1 is 1.42 bits per heavy atom. The first kappa shape index (κ1) is 14.6. The summed E-state index contributed by atoms with van der Waals surface area (Å²) in [5.41, 5.74) is 0. The van der Waals surface area contributed by atoms with Crippen LogP contribution in [0.1, 0.15) is 36.2 Å². The highest BCUT2D eigenvalue weighted by Crippen LogP contribution is 2.39. The average Bonchev–Trinajstić information content (AvgIpc) is 3.06. The Balaban J connectivity index is 2.07. The van der Waals surface area contributed by atoms with E-state index in [9.17, 15) is 13.2 Å². The molecule has 1 aliphatic rings. The topological polar surface area (TPSA) is 76.4 Å². The fourth-order valence-corrected chi connectivity index (χ4v) is 4.38. The second kappa shape index (κ2) is 5.68. The molecule has 1 aromatic rings. The van der Waals surface area contributed by atoms with Gasteiger partial charge in [0.2, 0.25) is 5.09 Å². The molecule has 1 aromatic heterocycles. The zero-order chi connectivity index (χ0) is 13.9. The Kier molecular flexibility index (Phi) is 4.37. The zero-order valence-electron chi connectivity index (χ0n) is 10.7.